The number of alkyl halides is 3. The Bertz CT molecular complexity index is 1820. The topological polar surface area (TPSA) is 137 Å². The molecule has 0 atom stereocenters. The monoisotopic (exact) mass is 558 g/mol. The smallest absolute Gasteiger partial charge is 0.416 e. The maximum atomic E-state index is 13.3. The SMILES string of the molecule is O=C(Nc1cnc(Oc2ccc(-c3cnn4cccnc34)cc2)nc1)Nc1cc(C(F)(F)F)ccc1-n1ccnn1. The van der Waals surface area contributed by atoms with E-state index in [1.165, 1.54) is 35.5 Å². The fraction of sp³-hybridized carbons (Fsp3) is 0.0385. The Morgan fingerprint density at radius 3 is 2.44 bits per heavy atom. The minimum atomic E-state index is -4.61. The normalized spacial score (nSPS) is 11.4. The second kappa shape index (κ2) is 10.4. The zero-order valence-corrected chi connectivity index (χ0v) is 20.7. The number of urea groups is 1. The number of nitrogens with one attached hydrogen (secondary N) is 2. The standard InChI is InChI=1S/C26H17F3N10O2/c27-26(28,29)17-4-7-22(38-11-9-33-37-38)21(12-17)36-24(40)35-18-13-31-25(32-14-18)41-19-5-2-16(3-6-19)20-15-34-39-10-1-8-30-23(20)39/h1-15H,(H2,35,36,40). The molecule has 0 aliphatic carbocycles. The van der Waals surface area contributed by atoms with Crippen LogP contribution >= 0.6 is 0 Å². The summed E-state index contributed by atoms with van der Waals surface area (Å²) < 4.78 is 48.4. The molecule has 204 valence electrons. The predicted molar refractivity (Wildman–Crippen MR) is 140 cm³/mol. The van der Waals surface area contributed by atoms with E-state index >= 15 is 0 Å². The van der Waals surface area contributed by atoms with Gasteiger partial charge in [0.1, 0.15) is 5.75 Å². The van der Waals surface area contributed by atoms with Crippen molar-refractivity contribution in [2.45, 2.75) is 6.18 Å². The van der Waals surface area contributed by atoms with Crippen molar-refractivity contribution < 1.29 is 22.7 Å². The lowest BCUT2D eigenvalue weighted by atomic mass is 10.1. The van der Waals surface area contributed by atoms with Crippen LogP contribution in [0.3, 0.4) is 0 Å². The molecular formula is C26H17F3N10O2. The van der Waals surface area contributed by atoms with Gasteiger partial charge in [-0.1, -0.05) is 17.3 Å². The van der Waals surface area contributed by atoms with E-state index in [2.05, 4.69) is 41.0 Å². The summed E-state index contributed by atoms with van der Waals surface area (Å²) in [7, 11) is 0. The van der Waals surface area contributed by atoms with Crippen molar-refractivity contribution in [1.82, 2.24) is 39.6 Å². The fourth-order valence-electron chi connectivity index (χ4n) is 3.91. The molecule has 0 unspecified atom stereocenters. The van der Waals surface area contributed by atoms with Gasteiger partial charge in [-0.15, -0.1) is 5.10 Å². The third kappa shape index (κ3) is 5.49. The number of rotatable bonds is 6. The molecule has 2 N–H and O–H groups in total. The molecule has 6 rings (SSSR count). The second-order valence-electron chi connectivity index (χ2n) is 8.48. The molecule has 0 bridgehead atoms. The van der Waals surface area contributed by atoms with Gasteiger partial charge in [0.05, 0.1) is 53.6 Å². The van der Waals surface area contributed by atoms with Crippen LogP contribution in [0.15, 0.2) is 91.9 Å². The van der Waals surface area contributed by atoms with Crippen LogP contribution in [-0.2, 0) is 6.18 Å². The average molecular weight is 558 g/mol. The third-order valence-corrected chi connectivity index (χ3v) is 5.78. The number of hydrogen-bond donors (Lipinski definition) is 2. The number of nitrogens with zero attached hydrogens (tertiary/aromatic N) is 8. The molecule has 2 aromatic carbocycles. The van der Waals surface area contributed by atoms with Crippen LogP contribution < -0.4 is 15.4 Å². The van der Waals surface area contributed by atoms with Gasteiger partial charge < -0.3 is 15.4 Å². The van der Waals surface area contributed by atoms with Gasteiger partial charge in [-0.05, 0) is 42.0 Å². The lowest BCUT2D eigenvalue weighted by Gasteiger charge is -2.14. The van der Waals surface area contributed by atoms with Crippen LogP contribution in [-0.4, -0.2) is 45.6 Å². The van der Waals surface area contributed by atoms with Gasteiger partial charge in [-0.3, -0.25) is 0 Å². The highest BCUT2D eigenvalue weighted by Gasteiger charge is 2.31. The van der Waals surface area contributed by atoms with Crippen LogP contribution in [0.25, 0.3) is 22.5 Å². The van der Waals surface area contributed by atoms with Gasteiger partial charge in [0.15, 0.2) is 5.65 Å². The first-order chi connectivity index (χ1) is 19.8. The lowest BCUT2D eigenvalue weighted by molar-refractivity contribution is -0.137. The van der Waals surface area contributed by atoms with Crippen molar-refractivity contribution in [3.05, 3.63) is 97.5 Å². The largest absolute Gasteiger partial charge is 0.424 e. The van der Waals surface area contributed by atoms with Crippen molar-refractivity contribution in [3.8, 4) is 28.6 Å². The molecule has 4 heterocycles. The summed E-state index contributed by atoms with van der Waals surface area (Å²) in [5.41, 5.74) is 1.77. The molecule has 0 aliphatic rings. The number of aromatic nitrogens is 8. The molecule has 2 amide bonds. The maximum absolute atomic E-state index is 13.3. The van der Waals surface area contributed by atoms with Crippen LogP contribution in [0.4, 0.5) is 29.3 Å². The van der Waals surface area contributed by atoms with Gasteiger partial charge in [-0.2, -0.15) is 18.3 Å². The summed E-state index contributed by atoms with van der Waals surface area (Å²) in [5.74, 6) is 0.474. The van der Waals surface area contributed by atoms with Crippen molar-refractivity contribution >= 4 is 23.1 Å². The Morgan fingerprint density at radius 2 is 1.71 bits per heavy atom. The highest BCUT2D eigenvalue weighted by Crippen LogP contribution is 2.33. The van der Waals surface area contributed by atoms with Crippen LogP contribution in [0.2, 0.25) is 0 Å². The average Bonchev–Trinajstić information content (AvgIpc) is 3.65. The van der Waals surface area contributed by atoms with Crippen LogP contribution in [0, 0.1) is 0 Å². The number of carbonyl (C=O) groups excluding carboxylic acids is 1. The quantitative estimate of drug-likeness (QED) is 0.284. The van der Waals surface area contributed by atoms with Crippen molar-refractivity contribution in [2.24, 2.45) is 0 Å². The summed E-state index contributed by atoms with van der Waals surface area (Å²) in [6.07, 6.45) is 6.01. The van der Waals surface area contributed by atoms with E-state index in [0.29, 0.717) is 5.75 Å². The molecular weight excluding hydrogens is 541 g/mol. The number of benzene rings is 2. The van der Waals surface area contributed by atoms with Gasteiger partial charge in [0.25, 0.3) is 0 Å². The minimum absolute atomic E-state index is 0.0210. The molecule has 12 nitrogen and oxygen atoms in total. The highest BCUT2D eigenvalue weighted by molar-refractivity contribution is 6.00. The minimum Gasteiger partial charge on any atom is -0.424 e. The fourth-order valence-corrected chi connectivity index (χ4v) is 3.91. The Balaban J connectivity index is 1.12. The molecule has 4 aromatic heterocycles. The number of amides is 2. The molecule has 6 aromatic rings. The van der Waals surface area contributed by atoms with E-state index < -0.39 is 17.8 Å². The summed E-state index contributed by atoms with van der Waals surface area (Å²) in [5, 5.41) is 16.6. The molecule has 0 saturated heterocycles. The zero-order chi connectivity index (χ0) is 28.4. The van der Waals surface area contributed by atoms with Crippen molar-refractivity contribution in [3.63, 3.8) is 0 Å². The molecule has 41 heavy (non-hydrogen) atoms. The van der Waals surface area contributed by atoms with E-state index in [4.69, 9.17) is 4.74 Å². The summed E-state index contributed by atoms with van der Waals surface area (Å²) in [6.45, 7) is 0. The first kappa shape index (κ1) is 25.4. The molecule has 0 fully saturated rings. The van der Waals surface area contributed by atoms with Gasteiger partial charge in [0, 0.05) is 18.0 Å². The van der Waals surface area contributed by atoms with Crippen LogP contribution in [0.5, 0.6) is 11.8 Å². The number of ether oxygens (including phenoxy) is 1. The highest BCUT2D eigenvalue weighted by atomic mass is 19.4. The zero-order valence-electron chi connectivity index (χ0n) is 20.7. The number of halogens is 3. The number of carbonyl (C=O) groups is 1. The number of fused-ring (bicyclic) bond motifs is 1. The summed E-state index contributed by atoms with van der Waals surface area (Å²) in [4.78, 5) is 25.1. The van der Waals surface area contributed by atoms with E-state index in [9.17, 15) is 18.0 Å². The Hall–Kier alpha value is -5.86. The molecule has 15 heteroatoms. The van der Waals surface area contributed by atoms with E-state index in [1.54, 1.807) is 35.1 Å². The lowest BCUT2D eigenvalue weighted by Crippen LogP contribution is -2.21. The summed E-state index contributed by atoms with van der Waals surface area (Å²) >= 11 is 0. The molecule has 0 spiro atoms. The molecule has 0 saturated carbocycles. The van der Waals surface area contributed by atoms with Crippen molar-refractivity contribution in [1.29, 1.82) is 0 Å². The molecule has 0 radical (unpaired) electrons. The second-order valence-corrected chi connectivity index (χ2v) is 8.48. The van der Waals surface area contributed by atoms with Gasteiger partial charge in [0.2, 0.25) is 0 Å². The predicted octanol–water partition coefficient (Wildman–Crippen LogP) is 5.22. The van der Waals surface area contributed by atoms with Gasteiger partial charge >= 0.3 is 18.2 Å². The van der Waals surface area contributed by atoms with Crippen LogP contribution in [0.1, 0.15) is 5.56 Å². The van der Waals surface area contributed by atoms with E-state index in [1.807, 2.05) is 18.3 Å². The van der Waals surface area contributed by atoms with Crippen molar-refractivity contribution in [2.75, 3.05) is 10.6 Å². The Kier molecular flexibility index (Phi) is 6.43. The summed E-state index contributed by atoms with van der Waals surface area (Å²) in [6, 6.07) is 11.1. The van der Waals surface area contributed by atoms with Gasteiger partial charge in [-0.25, -0.2) is 28.9 Å². The third-order valence-electron chi connectivity index (χ3n) is 5.78. The first-order valence-electron chi connectivity index (χ1n) is 11.9. The van der Waals surface area contributed by atoms with E-state index in [-0.39, 0.29) is 23.1 Å². The number of anilines is 2. The molecule has 0 aliphatic heterocycles. The first-order valence-corrected chi connectivity index (χ1v) is 11.9. The van der Waals surface area contributed by atoms with E-state index in [0.717, 1.165) is 28.9 Å². The Morgan fingerprint density at radius 1 is 0.902 bits per heavy atom. The number of hydrogen-bond acceptors (Lipinski definition) is 8. The maximum Gasteiger partial charge on any atom is 0.416 e. The Labute approximate surface area is 228 Å².